The van der Waals surface area contributed by atoms with E-state index in [4.69, 9.17) is 9.47 Å². The van der Waals surface area contributed by atoms with Gasteiger partial charge in [-0.25, -0.2) is 0 Å². The fourth-order valence-electron chi connectivity index (χ4n) is 5.76. The van der Waals surface area contributed by atoms with Crippen LogP contribution in [0.25, 0.3) is 0 Å². The molecular weight excluding hydrogens is 390 g/mol. The van der Waals surface area contributed by atoms with E-state index < -0.39 is 0 Å². The molecule has 1 aliphatic carbocycles. The number of aromatic nitrogens is 1. The molecule has 1 saturated carbocycles. The maximum absolute atomic E-state index is 13.4. The molecule has 0 atom stereocenters. The van der Waals surface area contributed by atoms with Gasteiger partial charge in [-0.2, -0.15) is 0 Å². The second kappa shape index (κ2) is 7.23. The summed E-state index contributed by atoms with van der Waals surface area (Å²) in [6.07, 6.45) is 7.48. The summed E-state index contributed by atoms with van der Waals surface area (Å²) in [6, 6.07) is 8.20. The number of hydrogen-bond donors (Lipinski definition) is 0. The molecule has 6 nitrogen and oxygen atoms in total. The Hall–Kier alpha value is -2.60. The first-order valence-corrected chi connectivity index (χ1v) is 11.5. The van der Waals surface area contributed by atoms with Gasteiger partial charge >= 0.3 is 0 Å². The fourth-order valence-corrected chi connectivity index (χ4v) is 5.76. The molecule has 1 aromatic carbocycles. The smallest absolute Gasteiger partial charge is 0.255 e. The number of hydrogen-bond acceptors (Lipinski definition) is 5. The molecule has 0 radical (unpaired) electrons. The number of carbonyl (C=O) groups excluding carboxylic acids is 1. The van der Waals surface area contributed by atoms with Crippen molar-refractivity contribution < 1.29 is 14.3 Å². The molecule has 6 heteroatoms. The molecule has 2 fully saturated rings. The van der Waals surface area contributed by atoms with E-state index in [1.807, 2.05) is 19.2 Å². The van der Waals surface area contributed by atoms with Crippen molar-refractivity contribution in [3.05, 3.63) is 52.8 Å². The summed E-state index contributed by atoms with van der Waals surface area (Å²) in [6.45, 7) is 6.27. The van der Waals surface area contributed by atoms with E-state index in [2.05, 4.69) is 33.0 Å². The van der Waals surface area contributed by atoms with Crippen LogP contribution in [0.3, 0.4) is 0 Å². The molecule has 0 bridgehead atoms. The van der Waals surface area contributed by atoms with Gasteiger partial charge in [0.25, 0.3) is 5.91 Å². The van der Waals surface area contributed by atoms with Crippen LogP contribution in [0.1, 0.15) is 59.3 Å². The van der Waals surface area contributed by atoms with Crippen LogP contribution in [-0.2, 0) is 12.1 Å². The molecule has 31 heavy (non-hydrogen) atoms. The van der Waals surface area contributed by atoms with Crippen molar-refractivity contribution in [2.24, 2.45) is 5.92 Å². The Morgan fingerprint density at radius 3 is 2.77 bits per heavy atom. The highest BCUT2D eigenvalue weighted by Gasteiger charge is 2.58. The summed E-state index contributed by atoms with van der Waals surface area (Å²) in [7, 11) is 0. The van der Waals surface area contributed by atoms with E-state index in [0.29, 0.717) is 5.92 Å². The summed E-state index contributed by atoms with van der Waals surface area (Å²) in [5.74, 6) is 2.43. The minimum atomic E-state index is -0.0855. The van der Waals surface area contributed by atoms with Crippen LogP contribution >= 0.6 is 0 Å². The average Bonchev–Trinajstić information content (AvgIpc) is 3.37. The minimum Gasteiger partial charge on any atom is -0.454 e. The van der Waals surface area contributed by atoms with Crippen molar-refractivity contribution in [1.29, 1.82) is 0 Å². The molecular formula is C25H29N3O3. The van der Waals surface area contributed by atoms with Gasteiger partial charge in [-0.15, -0.1) is 0 Å². The van der Waals surface area contributed by atoms with Gasteiger partial charge in [-0.3, -0.25) is 14.7 Å². The van der Waals surface area contributed by atoms with E-state index >= 15 is 0 Å². The number of piperidine rings is 1. The predicted molar refractivity (Wildman–Crippen MR) is 116 cm³/mol. The monoisotopic (exact) mass is 419 g/mol. The van der Waals surface area contributed by atoms with E-state index in [-0.39, 0.29) is 18.2 Å². The van der Waals surface area contributed by atoms with E-state index in [1.54, 1.807) is 0 Å². The number of fused-ring (bicyclic) bond motifs is 3. The fraction of sp³-hybridized carbons (Fsp3) is 0.520. The molecule has 162 valence electrons. The lowest BCUT2D eigenvalue weighted by molar-refractivity contribution is 0.0671. The standard InChI is InChI=1S/C25H29N3O3/c1-17-22-20(14-21-23(17)31-16-30-21)25(8-9-25)28(24(22)29)13-7-18-5-11-27(12-6-18)15-19-4-2-3-10-26-19/h2-4,10,14,18H,5-9,11-13,15-16H2,1H3. The number of rotatable bonds is 5. The summed E-state index contributed by atoms with van der Waals surface area (Å²) < 4.78 is 11.3. The number of ether oxygens (including phenoxy) is 2. The highest BCUT2D eigenvalue weighted by atomic mass is 16.7. The SMILES string of the molecule is Cc1c2c(cc3c1C(=O)N(CCC1CCN(Cc4ccccn4)CC1)C31CC1)OCO2. The minimum absolute atomic E-state index is 0.0855. The quantitative estimate of drug-likeness (QED) is 0.737. The molecule has 3 aliphatic heterocycles. The maximum atomic E-state index is 13.4. The zero-order valence-electron chi connectivity index (χ0n) is 18.1. The van der Waals surface area contributed by atoms with Gasteiger partial charge in [0.1, 0.15) is 0 Å². The third kappa shape index (κ3) is 3.11. The summed E-state index contributed by atoms with van der Waals surface area (Å²) >= 11 is 0. The number of pyridine rings is 1. The van der Waals surface area contributed by atoms with Crippen molar-refractivity contribution >= 4 is 5.91 Å². The Morgan fingerprint density at radius 2 is 2.03 bits per heavy atom. The van der Waals surface area contributed by atoms with Crippen molar-refractivity contribution in [3.63, 3.8) is 0 Å². The first-order chi connectivity index (χ1) is 15.2. The second-order valence-corrected chi connectivity index (χ2v) is 9.48. The predicted octanol–water partition coefficient (Wildman–Crippen LogP) is 3.87. The third-order valence-electron chi connectivity index (χ3n) is 7.68. The van der Waals surface area contributed by atoms with Crippen molar-refractivity contribution in [2.75, 3.05) is 26.4 Å². The van der Waals surface area contributed by atoms with Gasteiger partial charge < -0.3 is 14.4 Å². The highest BCUT2D eigenvalue weighted by Crippen LogP contribution is 2.59. The van der Waals surface area contributed by atoms with Crippen LogP contribution in [0.2, 0.25) is 0 Å². The van der Waals surface area contributed by atoms with Crippen molar-refractivity contribution in [1.82, 2.24) is 14.8 Å². The Morgan fingerprint density at radius 1 is 1.19 bits per heavy atom. The maximum Gasteiger partial charge on any atom is 0.255 e. The molecule has 0 unspecified atom stereocenters. The van der Waals surface area contributed by atoms with Crippen LogP contribution in [0.5, 0.6) is 11.5 Å². The number of carbonyl (C=O) groups is 1. The van der Waals surface area contributed by atoms with Crippen molar-refractivity contribution in [3.8, 4) is 11.5 Å². The number of nitrogens with zero attached hydrogens (tertiary/aromatic N) is 3. The molecule has 4 heterocycles. The van der Waals surface area contributed by atoms with E-state index in [1.165, 1.54) is 18.4 Å². The Bertz CT molecular complexity index is 1010. The van der Waals surface area contributed by atoms with Crippen LogP contribution in [0.4, 0.5) is 0 Å². The molecule has 1 amide bonds. The summed E-state index contributed by atoms with van der Waals surface area (Å²) in [4.78, 5) is 22.5. The number of likely N-dealkylation sites (tertiary alicyclic amines) is 1. The number of amides is 1. The molecule has 1 saturated heterocycles. The second-order valence-electron chi connectivity index (χ2n) is 9.48. The molecule has 4 aliphatic rings. The van der Waals surface area contributed by atoms with Gasteiger partial charge in [0.05, 0.1) is 16.8 Å². The average molecular weight is 420 g/mol. The van der Waals surface area contributed by atoms with Crippen LogP contribution in [0, 0.1) is 12.8 Å². The summed E-state index contributed by atoms with van der Waals surface area (Å²) in [5, 5.41) is 0. The van der Waals surface area contributed by atoms with E-state index in [0.717, 1.165) is 73.8 Å². The molecule has 0 N–H and O–H groups in total. The number of benzene rings is 1. The van der Waals surface area contributed by atoms with Crippen LogP contribution < -0.4 is 9.47 Å². The zero-order chi connectivity index (χ0) is 21.0. The van der Waals surface area contributed by atoms with E-state index in [9.17, 15) is 4.79 Å². The lowest BCUT2D eigenvalue weighted by Gasteiger charge is -2.33. The van der Waals surface area contributed by atoms with Gasteiger partial charge in [0, 0.05) is 24.8 Å². The van der Waals surface area contributed by atoms with Gasteiger partial charge in [-0.05, 0) is 81.8 Å². The third-order valence-corrected chi connectivity index (χ3v) is 7.68. The Labute approximate surface area is 183 Å². The largest absolute Gasteiger partial charge is 0.454 e. The normalized spacial score (nSPS) is 21.7. The molecule has 2 aromatic rings. The topological polar surface area (TPSA) is 54.9 Å². The Balaban J connectivity index is 1.10. The van der Waals surface area contributed by atoms with Crippen LogP contribution in [-0.4, -0.2) is 47.1 Å². The summed E-state index contributed by atoms with van der Waals surface area (Å²) in [5.41, 5.74) is 4.05. The molecule has 6 rings (SSSR count). The molecule has 1 aromatic heterocycles. The van der Waals surface area contributed by atoms with Gasteiger partial charge in [0.15, 0.2) is 11.5 Å². The van der Waals surface area contributed by atoms with Crippen molar-refractivity contribution in [2.45, 2.75) is 51.1 Å². The van der Waals surface area contributed by atoms with Crippen LogP contribution in [0.15, 0.2) is 30.5 Å². The van der Waals surface area contributed by atoms with Gasteiger partial charge in [0.2, 0.25) is 6.79 Å². The lowest BCUT2D eigenvalue weighted by Crippen LogP contribution is -2.38. The zero-order valence-corrected chi connectivity index (χ0v) is 18.1. The van der Waals surface area contributed by atoms with Gasteiger partial charge in [-0.1, -0.05) is 6.07 Å². The first-order valence-electron chi connectivity index (χ1n) is 11.5. The lowest BCUT2D eigenvalue weighted by atomic mass is 9.93. The Kier molecular flexibility index (Phi) is 4.46. The first kappa shape index (κ1) is 19.1. The molecule has 1 spiro atoms. The highest BCUT2D eigenvalue weighted by molar-refractivity contribution is 6.03.